The molecule has 0 aliphatic carbocycles. The van der Waals surface area contributed by atoms with Gasteiger partial charge in [0.05, 0.1) is 0 Å². The van der Waals surface area contributed by atoms with Crippen LogP contribution in [0.4, 0.5) is 0 Å². The van der Waals surface area contributed by atoms with Crippen molar-refractivity contribution in [2.24, 2.45) is 10.9 Å². The van der Waals surface area contributed by atoms with E-state index in [9.17, 15) is 0 Å². The summed E-state index contributed by atoms with van der Waals surface area (Å²) in [7, 11) is 3.98. The molecular weight excluding hydrogens is 260 g/mol. The standard InChI is InChI=1S/C17H34N4/c1-6-7-8-11-20(5)17(18-4)19-14-16(15(2)3)21-12-9-10-13-21/h6,15-16H,1,7-14H2,2-5H3,(H,18,19). The summed E-state index contributed by atoms with van der Waals surface area (Å²) >= 11 is 0. The first-order valence-electron chi connectivity index (χ1n) is 8.36. The van der Waals surface area contributed by atoms with Crippen molar-refractivity contribution in [3.8, 4) is 0 Å². The number of guanidine groups is 1. The maximum absolute atomic E-state index is 4.41. The van der Waals surface area contributed by atoms with E-state index in [0.717, 1.165) is 31.9 Å². The second-order valence-corrected chi connectivity index (χ2v) is 6.34. The van der Waals surface area contributed by atoms with Crippen LogP contribution >= 0.6 is 0 Å². The molecule has 0 aromatic rings. The Balaban J connectivity index is 2.45. The van der Waals surface area contributed by atoms with Crippen molar-refractivity contribution in [3.63, 3.8) is 0 Å². The lowest BCUT2D eigenvalue weighted by molar-refractivity contribution is 0.191. The van der Waals surface area contributed by atoms with Gasteiger partial charge in [0.15, 0.2) is 5.96 Å². The summed E-state index contributed by atoms with van der Waals surface area (Å²) in [5.74, 6) is 1.67. The largest absolute Gasteiger partial charge is 0.355 e. The molecule has 1 N–H and O–H groups in total. The van der Waals surface area contributed by atoms with E-state index in [1.807, 2.05) is 13.1 Å². The van der Waals surface area contributed by atoms with Crippen molar-refractivity contribution < 1.29 is 0 Å². The monoisotopic (exact) mass is 294 g/mol. The molecule has 21 heavy (non-hydrogen) atoms. The second-order valence-electron chi connectivity index (χ2n) is 6.34. The van der Waals surface area contributed by atoms with Crippen LogP contribution in [0.25, 0.3) is 0 Å². The topological polar surface area (TPSA) is 30.9 Å². The molecule has 0 aromatic heterocycles. The quantitative estimate of drug-likeness (QED) is 0.323. The minimum atomic E-state index is 0.603. The molecule has 122 valence electrons. The van der Waals surface area contributed by atoms with E-state index in [0.29, 0.717) is 12.0 Å². The van der Waals surface area contributed by atoms with Gasteiger partial charge in [0.1, 0.15) is 0 Å². The average molecular weight is 294 g/mol. The maximum atomic E-state index is 4.41. The smallest absolute Gasteiger partial charge is 0.193 e. The number of hydrogen-bond acceptors (Lipinski definition) is 2. The zero-order valence-electron chi connectivity index (χ0n) is 14.4. The highest BCUT2D eigenvalue weighted by Crippen LogP contribution is 2.17. The van der Waals surface area contributed by atoms with E-state index in [1.165, 1.54) is 25.9 Å². The van der Waals surface area contributed by atoms with Crippen LogP contribution in [0.15, 0.2) is 17.6 Å². The highest BCUT2D eigenvalue weighted by Gasteiger charge is 2.24. The predicted molar refractivity (Wildman–Crippen MR) is 92.9 cm³/mol. The Morgan fingerprint density at radius 3 is 2.57 bits per heavy atom. The molecule has 4 nitrogen and oxygen atoms in total. The first-order chi connectivity index (χ1) is 10.1. The van der Waals surface area contributed by atoms with Crippen LogP contribution in [-0.2, 0) is 0 Å². The summed E-state index contributed by atoms with van der Waals surface area (Å²) in [5.41, 5.74) is 0. The van der Waals surface area contributed by atoms with Crippen LogP contribution in [0.3, 0.4) is 0 Å². The molecule has 0 aromatic carbocycles. The van der Waals surface area contributed by atoms with E-state index >= 15 is 0 Å². The molecule has 1 saturated heterocycles. The maximum Gasteiger partial charge on any atom is 0.193 e. The molecule has 1 heterocycles. The van der Waals surface area contributed by atoms with E-state index in [4.69, 9.17) is 0 Å². The number of allylic oxidation sites excluding steroid dienone is 1. The Labute approximate surface area is 131 Å². The molecule has 1 aliphatic heterocycles. The minimum Gasteiger partial charge on any atom is -0.355 e. The molecule has 0 amide bonds. The van der Waals surface area contributed by atoms with Gasteiger partial charge in [0, 0.05) is 33.2 Å². The van der Waals surface area contributed by atoms with Crippen LogP contribution in [0.1, 0.15) is 39.5 Å². The van der Waals surface area contributed by atoms with Gasteiger partial charge in [-0.25, -0.2) is 0 Å². The fourth-order valence-corrected chi connectivity index (χ4v) is 3.02. The van der Waals surface area contributed by atoms with Gasteiger partial charge in [0.2, 0.25) is 0 Å². The zero-order valence-corrected chi connectivity index (χ0v) is 14.4. The molecule has 1 rings (SSSR count). The number of hydrogen-bond donors (Lipinski definition) is 1. The van der Waals surface area contributed by atoms with Gasteiger partial charge in [-0.1, -0.05) is 19.9 Å². The SMILES string of the molecule is C=CCCCN(C)C(=NC)NCC(C(C)C)N1CCCC1. The summed E-state index contributed by atoms with van der Waals surface area (Å²) in [6.07, 6.45) is 6.86. The fourth-order valence-electron chi connectivity index (χ4n) is 3.02. The Kier molecular flexibility index (Phi) is 8.43. The van der Waals surface area contributed by atoms with Crippen molar-refractivity contribution >= 4 is 5.96 Å². The molecule has 1 aliphatic rings. The molecule has 4 heteroatoms. The lowest BCUT2D eigenvalue weighted by Crippen LogP contribution is -2.49. The molecule has 0 saturated carbocycles. The van der Waals surface area contributed by atoms with Gasteiger partial charge in [-0.3, -0.25) is 9.89 Å². The fraction of sp³-hybridized carbons (Fsp3) is 0.824. The van der Waals surface area contributed by atoms with Crippen LogP contribution in [0.5, 0.6) is 0 Å². The number of nitrogens with zero attached hydrogens (tertiary/aromatic N) is 3. The van der Waals surface area contributed by atoms with Gasteiger partial charge in [0.25, 0.3) is 0 Å². The van der Waals surface area contributed by atoms with Crippen LogP contribution in [0.2, 0.25) is 0 Å². The van der Waals surface area contributed by atoms with Crippen molar-refractivity contribution in [2.45, 2.75) is 45.6 Å². The summed E-state index contributed by atoms with van der Waals surface area (Å²) < 4.78 is 0. The average Bonchev–Trinajstić information content (AvgIpc) is 2.97. The number of likely N-dealkylation sites (tertiary alicyclic amines) is 1. The van der Waals surface area contributed by atoms with E-state index < -0.39 is 0 Å². The van der Waals surface area contributed by atoms with Gasteiger partial charge in [-0.15, -0.1) is 6.58 Å². The molecule has 1 unspecified atom stereocenters. The Bertz CT molecular complexity index is 319. The van der Waals surface area contributed by atoms with Crippen molar-refractivity contribution in [1.82, 2.24) is 15.1 Å². The third-order valence-corrected chi connectivity index (χ3v) is 4.32. The lowest BCUT2D eigenvalue weighted by Gasteiger charge is -2.32. The Morgan fingerprint density at radius 2 is 2.05 bits per heavy atom. The molecular formula is C17H34N4. The lowest BCUT2D eigenvalue weighted by atomic mass is 10.0. The van der Waals surface area contributed by atoms with Crippen molar-refractivity contribution in [2.75, 3.05) is 40.3 Å². The first-order valence-corrected chi connectivity index (χ1v) is 8.36. The van der Waals surface area contributed by atoms with Crippen LogP contribution < -0.4 is 5.32 Å². The number of rotatable bonds is 8. The van der Waals surface area contributed by atoms with Crippen LogP contribution in [-0.4, -0.2) is 62.1 Å². The third-order valence-electron chi connectivity index (χ3n) is 4.32. The predicted octanol–water partition coefficient (Wildman–Crippen LogP) is 2.58. The molecule has 1 fully saturated rings. The highest BCUT2D eigenvalue weighted by molar-refractivity contribution is 5.79. The number of unbranched alkanes of at least 4 members (excludes halogenated alkanes) is 1. The number of nitrogens with one attached hydrogen (secondary N) is 1. The summed E-state index contributed by atoms with van der Waals surface area (Å²) in [6, 6.07) is 0.603. The minimum absolute atomic E-state index is 0.603. The van der Waals surface area contributed by atoms with E-state index in [2.05, 4.69) is 47.6 Å². The summed E-state index contributed by atoms with van der Waals surface area (Å²) in [6.45, 7) is 12.9. The summed E-state index contributed by atoms with van der Waals surface area (Å²) in [4.78, 5) is 9.25. The summed E-state index contributed by atoms with van der Waals surface area (Å²) in [5, 5.41) is 3.56. The molecule has 0 bridgehead atoms. The van der Waals surface area contributed by atoms with Crippen molar-refractivity contribution in [1.29, 1.82) is 0 Å². The van der Waals surface area contributed by atoms with Crippen LogP contribution in [0, 0.1) is 5.92 Å². The second kappa shape index (κ2) is 9.82. The Morgan fingerprint density at radius 1 is 1.38 bits per heavy atom. The zero-order chi connectivity index (χ0) is 15.7. The van der Waals surface area contributed by atoms with Gasteiger partial charge < -0.3 is 10.2 Å². The Hall–Kier alpha value is -1.03. The first kappa shape index (κ1) is 18.0. The van der Waals surface area contributed by atoms with E-state index in [1.54, 1.807) is 0 Å². The number of aliphatic imine (C=N–C) groups is 1. The van der Waals surface area contributed by atoms with Crippen molar-refractivity contribution in [3.05, 3.63) is 12.7 Å². The molecule has 1 atom stereocenters. The van der Waals surface area contributed by atoms with Gasteiger partial charge >= 0.3 is 0 Å². The third kappa shape index (κ3) is 6.08. The normalized spacial score (nSPS) is 18.0. The molecule has 0 spiro atoms. The van der Waals surface area contributed by atoms with E-state index in [-0.39, 0.29) is 0 Å². The van der Waals surface area contributed by atoms with Gasteiger partial charge in [-0.2, -0.15) is 0 Å². The van der Waals surface area contributed by atoms with Gasteiger partial charge in [-0.05, 0) is 44.7 Å². The highest BCUT2D eigenvalue weighted by atomic mass is 15.3. The molecule has 0 radical (unpaired) electrons.